The maximum absolute atomic E-state index is 11.0. The van der Waals surface area contributed by atoms with Gasteiger partial charge in [-0.2, -0.15) is 0 Å². The van der Waals surface area contributed by atoms with E-state index in [0.29, 0.717) is 17.1 Å². The number of carbonyl (C=O) groups is 1. The fourth-order valence-electron chi connectivity index (χ4n) is 1.70. The zero-order valence-corrected chi connectivity index (χ0v) is 8.54. The number of rotatable bonds is 2. The van der Waals surface area contributed by atoms with Crippen LogP contribution in [0, 0.1) is 0 Å². The Labute approximate surface area is 95.4 Å². The van der Waals surface area contributed by atoms with E-state index in [-0.39, 0.29) is 18.1 Å². The van der Waals surface area contributed by atoms with Crippen LogP contribution in [0.2, 0.25) is 0 Å². The summed E-state index contributed by atoms with van der Waals surface area (Å²) in [5.74, 6) is 0.111. The number of aromatic nitrogens is 1. The van der Waals surface area contributed by atoms with E-state index in [2.05, 4.69) is 5.16 Å². The van der Waals surface area contributed by atoms with Crippen molar-refractivity contribution in [3.63, 3.8) is 0 Å². The summed E-state index contributed by atoms with van der Waals surface area (Å²) in [5.41, 5.74) is 0.517. The van der Waals surface area contributed by atoms with Gasteiger partial charge in [-0.1, -0.05) is 11.2 Å². The fraction of sp³-hybridized carbons (Fsp3) is 0.0909. The molecule has 0 bridgehead atoms. The standard InChI is InChI=1S/C11H7NO5/c13-11(14)7-4-12-17-9(7)6-2-1-3-8-10(6)16-5-15-8/h1-4H,5H2,(H,13,14). The van der Waals surface area contributed by atoms with Gasteiger partial charge in [-0.15, -0.1) is 0 Å². The van der Waals surface area contributed by atoms with Crippen LogP contribution in [0.4, 0.5) is 0 Å². The first-order chi connectivity index (χ1) is 8.27. The molecular formula is C11H7NO5. The minimum Gasteiger partial charge on any atom is -0.477 e. The molecule has 0 unspecified atom stereocenters. The Bertz CT molecular complexity index is 589. The average molecular weight is 233 g/mol. The van der Waals surface area contributed by atoms with Crippen molar-refractivity contribution >= 4 is 5.97 Å². The summed E-state index contributed by atoms with van der Waals surface area (Å²) >= 11 is 0. The molecule has 1 aliphatic rings. The summed E-state index contributed by atoms with van der Waals surface area (Å²) in [6.07, 6.45) is 1.16. The van der Waals surface area contributed by atoms with Crippen molar-refractivity contribution in [1.29, 1.82) is 0 Å². The van der Waals surface area contributed by atoms with Gasteiger partial charge in [0, 0.05) is 0 Å². The summed E-state index contributed by atoms with van der Waals surface area (Å²) in [6, 6.07) is 5.17. The SMILES string of the molecule is O=C(O)c1cnoc1-c1cccc2c1OCO2. The van der Waals surface area contributed by atoms with Gasteiger partial charge in [0.25, 0.3) is 0 Å². The number of fused-ring (bicyclic) bond motifs is 1. The Morgan fingerprint density at radius 1 is 1.35 bits per heavy atom. The van der Waals surface area contributed by atoms with E-state index in [4.69, 9.17) is 19.1 Å². The third-order valence-corrected chi connectivity index (χ3v) is 2.44. The Morgan fingerprint density at radius 3 is 3.06 bits per heavy atom. The molecule has 86 valence electrons. The van der Waals surface area contributed by atoms with Gasteiger partial charge in [-0.25, -0.2) is 4.79 Å². The first-order valence-corrected chi connectivity index (χ1v) is 4.84. The molecule has 0 atom stereocenters. The molecule has 2 aromatic rings. The lowest BCUT2D eigenvalue weighted by atomic mass is 10.1. The van der Waals surface area contributed by atoms with Crippen molar-refractivity contribution in [2.45, 2.75) is 0 Å². The maximum Gasteiger partial charge on any atom is 0.341 e. The molecule has 0 amide bonds. The highest BCUT2D eigenvalue weighted by atomic mass is 16.7. The van der Waals surface area contributed by atoms with Gasteiger partial charge in [0.1, 0.15) is 5.56 Å². The lowest BCUT2D eigenvalue weighted by Gasteiger charge is -2.02. The first-order valence-electron chi connectivity index (χ1n) is 4.84. The maximum atomic E-state index is 11.0. The van der Waals surface area contributed by atoms with Crippen LogP contribution in [0.1, 0.15) is 10.4 Å². The number of para-hydroxylation sites is 1. The van der Waals surface area contributed by atoms with E-state index in [9.17, 15) is 4.79 Å². The number of hydrogen-bond acceptors (Lipinski definition) is 5. The summed E-state index contributed by atoms with van der Waals surface area (Å²) in [6.45, 7) is 0.114. The largest absolute Gasteiger partial charge is 0.477 e. The van der Waals surface area contributed by atoms with Gasteiger partial charge in [0.15, 0.2) is 17.3 Å². The van der Waals surface area contributed by atoms with Gasteiger partial charge in [0.2, 0.25) is 6.79 Å². The molecule has 1 aliphatic heterocycles. The van der Waals surface area contributed by atoms with E-state index < -0.39 is 5.97 Å². The normalized spacial score (nSPS) is 12.7. The second-order valence-electron chi connectivity index (χ2n) is 3.41. The lowest BCUT2D eigenvalue weighted by Crippen LogP contribution is -1.97. The molecular weight excluding hydrogens is 226 g/mol. The molecule has 0 aliphatic carbocycles. The highest BCUT2D eigenvalue weighted by Crippen LogP contribution is 2.42. The topological polar surface area (TPSA) is 81.8 Å². The van der Waals surface area contributed by atoms with Crippen LogP contribution in [0.5, 0.6) is 11.5 Å². The molecule has 1 aromatic carbocycles. The Kier molecular flexibility index (Phi) is 2.01. The van der Waals surface area contributed by atoms with Gasteiger partial charge >= 0.3 is 5.97 Å². The number of carboxylic acid groups (broad SMARTS) is 1. The van der Waals surface area contributed by atoms with E-state index in [1.165, 1.54) is 0 Å². The summed E-state index contributed by atoms with van der Waals surface area (Å²) in [7, 11) is 0. The molecule has 6 nitrogen and oxygen atoms in total. The number of ether oxygens (including phenoxy) is 2. The quantitative estimate of drug-likeness (QED) is 0.851. The zero-order chi connectivity index (χ0) is 11.8. The highest BCUT2D eigenvalue weighted by Gasteiger charge is 2.25. The minimum atomic E-state index is -1.10. The zero-order valence-electron chi connectivity index (χ0n) is 8.54. The minimum absolute atomic E-state index is 0.00565. The first kappa shape index (κ1) is 9.71. The molecule has 3 rings (SSSR count). The van der Waals surface area contributed by atoms with Crippen molar-refractivity contribution in [1.82, 2.24) is 5.16 Å². The van der Waals surface area contributed by atoms with Crippen molar-refractivity contribution in [3.05, 3.63) is 30.0 Å². The molecule has 0 radical (unpaired) electrons. The fourth-order valence-corrected chi connectivity index (χ4v) is 1.70. The van der Waals surface area contributed by atoms with Crippen LogP contribution in [0.3, 0.4) is 0 Å². The number of hydrogen-bond donors (Lipinski definition) is 1. The highest BCUT2D eigenvalue weighted by molar-refractivity contribution is 5.95. The Morgan fingerprint density at radius 2 is 2.24 bits per heavy atom. The van der Waals surface area contributed by atoms with Crippen molar-refractivity contribution in [3.8, 4) is 22.8 Å². The second kappa shape index (κ2) is 3.51. The molecule has 2 heterocycles. The van der Waals surface area contributed by atoms with Gasteiger partial charge in [-0.3, -0.25) is 0 Å². The van der Waals surface area contributed by atoms with Crippen LogP contribution < -0.4 is 9.47 Å². The predicted molar refractivity (Wildman–Crippen MR) is 55.0 cm³/mol. The molecule has 0 fully saturated rings. The van der Waals surface area contributed by atoms with E-state index in [0.717, 1.165) is 6.20 Å². The molecule has 0 saturated heterocycles. The van der Waals surface area contributed by atoms with Gasteiger partial charge in [-0.05, 0) is 12.1 Å². The van der Waals surface area contributed by atoms with Crippen molar-refractivity contribution in [2.75, 3.05) is 6.79 Å². The Hall–Kier alpha value is -2.50. The van der Waals surface area contributed by atoms with E-state index >= 15 is 0 Å². The van der Waals surface area contributed by atoms with Crippen LogP contribution in [0.15, 0.2) is 28.9 Å². The summed E-state index contributed by atoms with van der Waals surface area (Å²) in [5, 5.41) is 12.5. The molecule has 1 aromatic heterocycles. The second-order valence-corrected chi connectivity index (χ2v) is 3.41. The number of carboxylic acids is 1. The van der Waals surface area contributed by atoms with Gasteiger partial charge < -0.3 is 19.1 Å². The van der Waals surface area contributed by atoms with Crippen molar-refractivity contribution < 1.29 is 23.9 Å². The van der Waals surface area contributed by atoms with Crippen LogP contribution in [-0.2, 0) is 0 Å². The number of benzene rings is 1. The van der Waals surface area contributed by atoms with E-state index in [1.54, 1.807) is 18.2 Å². The molecule has 6 heteroatoms. The van der Waals surface area contributed by atoms with Crippen molar-refractivity contribution in [2.24, 2.45) is 0 Å². The third kappa shape index (κ3) is 1.42. The van der Waals surface area contributed by atoms with Crippen LogP contribution in [0.25, 0.3) is 11.3 Å². The summed E-state index contributed by atoms with van der Waals surface area (Å²) in [4.78, 5) is 11.0. The molecule has 0 saturated carbocycles. The molecule has 0 spiro atoms. The van der Waals surface area contributed by atoms with Gasteiger partial charge in [0.05, 0.1) is 11.8 Å². The summed E-state index contributed by atoms with van der Waals surface area (Å²) < 4.78 is 15.5. The van der Waals surface area contributed by atoms with E-state index in [1.807, 2.05) is 0 Å². The van der Waals surface area contributed by atoms with Crippen LogP contribution in [-0.4, -0.2) is 23.0 Å². The molecule has 17 heavy (non-hydrogen) atoms. The monoisotopic (exact) mass is 233 g/mol. The smallest absolute Gasteiger partial charge is 0.341 e. The number of aromatic carboxylic acids is 1. The third-order valence-electron chi connectivity index (χ3n) is 2.44. The lowest BCUT2D eigenvalue weighted by molar-refractivity contribution is 0.0697. The van der Waals surface area contributed by atoms with Crippen LogP contribution >= 0.6 is 0 Å². The molecule has 1 N–H and O–H groups in total. The number of nitrogens with zero attached hydrogens (tertiary/aromatic N) is 1. The average Bonchev–Trinajstić information content (AvgIpc) is 2.97. The predicted octanol–water partition coefficient (Wildman–Crippen LogP) is 1.77. The Balaban J connectivity index is 2.19.